The van der Waals surface area contributed by atoms with E-state index in [1.807, 2.05) is 0 Å². The zero-order valence-corrected chi connectivity index (χ0v) is 18.6. The standard InChI is InChI=1S/C20H34N2O10/c1-2-3-4-5-6-7-8-9-10-11-12-13-17(23)30-20(32-22(26)27)15-29-18-16(31-21(24)25)14-28-19(18)20/h16,18-19H,2-15H2,1H3/t16-,18-,19+,20-/m1/s1. The SMILES string of the molecule is CCCCCCCCCCCCCC(=O)O[C@@]1(O[N+](=O)[O-])CO[C@@H]2[C@H](O[N+](=O)[O-])CO[C@@H]21. The van der Waals surface area contributed by atoms with E-state index in [1.54, 1.807) is 0 Å². The Hall–Kier alpha value is -2.21. The molecule has 0 bridgehead atoms. The van der Waals surface area contributed by atoms with Crippen LogP contribution in [0.3, 0.4) is 0 Å². The summed E-state index contributed by atoms with van der Waals surface area (Å²) in [6.45, 7) is 1.48. The predicted octanol–water partition coefficient (Wildman–Crippen LogP) is 3.51. The van der Waals surface area contributed by atoms with Crippen LogP contribution in [0.25, 0.3) is 0 Å². The monoisotopic (exact) mass is 462 g/mol. The van der Waals surface area contributed by atoms with Crippen LogP contribution in [0.5, 0.6) is 0 Å². The lowest BCUT2D eigenvalue weighted by Gasteiger charge is -2.29. The average molecular weight is 462 g/mol. The Morgan fingerprint density at radius 3 is 2.09 bits per heavy atom. The first-order valence-electron chi connectivity index (χ1n) is 11.5. The smallest absolute Gasteiger partial charge is 0.309 e. The predicted molar refractivity (Wildman–Crippen MR) is 109 cm³/mol. The third-order valence-electron chi connectivity index (χ3n) is 5.74. The van der Waals surface area contributed by atoms with E-state index in [1.165, 1.54) is 44.9 Å². The summed E-state index contributed by atoms with van der Waals surface area (Å²) in [7, 11) is 0. The van der Waals surface area contributed by atoms with Gasteiger partial charge >= 0.3 is 11.8 Å². The Morgan fingerprint density at radius 2 is 1.53 bits per heavy atom. The normalized spacial score (nSPS) is 26.5. The minimum atomic E-state index is -2.10. The van der Waals surface area contributed by atoms with Crippen molar-refractivity contribution in [3.63, 3.8) is 0 Å². The number of hydrogen-bond acceptors (Lipinski definition) is 10. The number of ether oxygens (including phenoxy) is 3. The van der Waals surface area contributed by atoms with Crippen LogP contribution >= 0.6 is 0 Å². The van der Waals surface area contributed by atoms with Crippen LogP contribution < -0.4 is 0 Å². The van der Waals surface area contributed by atoms with E-state index >= 15 is 0 Å². The third kappa shape index (κ3) is 8.05. The first-order chi connectivity index (χ1) is 15.4. The van der Waals surface area contributed by atoms with Gasteiger partial charge in [0.15, 0.2) is 12.2 Å². The summed E-state index contributed by atoms with van der Waals surface area (Å²) in [6.07, 6.45) is 9.18. The van der Waals surface area contributed by atoms with E-state index in [-0.39, 0.29) is 13.0 Å². The maximum absolute atomic E-state index is 12.3. The lowest BCUT2D eigenvalue weighted by Crippen LogP contribution is -2.51. The number of carbonyl (C=O) groups excluding carboxylic acids is 1. The van der Waals surface area contributed by atoms with E-state index < -0.39 is 46.8 Å². The number of unbranched alkanes of at least 4 members (excludes halogenated alkanes) is 10. The highest BCUT2D eigenvalue weighted by Gasteiger charge is 2.63. The number of carbonyl (C=O) groups is 1. The zero-order valence-electron chi connectivity index (χ0n) is 18.6. The second kappa shape index (κ2) is 13.4. The molecule has 0 spiro atoms. The molecule has 2 heterocycles. The summed E-state index contributed by atoms with van der Waals surface area (Å²) in [5.74, 6) is -2.77. The molecule has 0 aromatic heterocycles. The van der Waals surface area contributed by atoms with Crippen molar-refractivity contribution in [3.8, 4) is 0 Å². The quantitative estimate of drug-likeness (QED) is 0.103. The summed E-state index contributed by atoms with van der Waals surface area (Å²) in [4.78, 5) is 43.0. The summed E-state index contributed by atoms with van der Waals surface area (Å²) >= 11 is 0. The first kappa shape index (κ1) is 26.0. The molecule has 0 aromatic carbocycles. The molecule has 2 aliphatic rings. The van der Waals surface area contributed by atoms with Gasteiger partial charge in [-0.25, -0.2) is 0 Å². The lowest BCUT2D eigenvalue weighted by atomic mass is 10.1. The first-order valence-corrected chi connectivity index (χ1v) is 11.5. The molecule has 2 fully saturated rings. The second-order valence-corrected chi connectivity index (χ2v) is 8.28. The molecule has 12 nitrogen and oxygen atoms in total. The van der Waals surface area contributed by atoms with E-state index in [0.717, 1.165) is 19.3 Å². The van der Waals surface area contributed by atoms with Gasteiger partial charge in [-0.2, -0.15) is 0 Å². The molecule has 0 aliphatic carbocycles. The fraction of sp³-hybridized carbons (Fsp3) is 0.950. The van der Waals surface area contributed by atoms with Gasteiger partial charge in [0.2, 0.25) is 0 Å². The molecule has 0 unspecified atom stereocenters. The maximum atomic E-state index is 12.3. The van der Waals surface area contributed by atoms with Crippen molar-refractivity contribution in [3.05, 3.63) is 20.2 Å². The van der Waals surface area contributed by atoms with Gasteiger partial charge in [-0.1, -0.05) is 71.1 Å². The number of fused-ring (bicyclic) bond motifs is 1. The Bertz CT molecular complexity index is 619. The number of esters is 1. The fourth-order valence-electron chi connectivity index (χ4n) is 4.14. The van der Waals surface area contributed by atoms with Crippen LogP contribution in [-0.2, 0) is 28.7 Å². The zero-order chi connectivity index (χ0) is 23.4. The molecule has 0 amide bonds. The van der Waals surface area contributed by atoms with Crippen LogP contribution in [0.4, 0.5) is 0 Å². The van der Waals surface area contributed by atoms with Gasteiger partial charge in [-0.3, -0.25) is 9.63 Å². The minimum absolute atomic E-state index is 0.0755. The minimum Gasteiger partial charge on any atom is -0.427 e. The van der Waals surface area contributed by atoms with Crippen LogP contribution in [0.15, 0.2) is 0 Å². The maximum Gasteiger partial charge on any atom is 0.309 e. The molecular weight excluding hydrogens is 428 g/mol. The molecule has 184 valence electrons. The number of rotatable bonds is 17. The van der Waals surface area contributed by atoms with Gasteiger partial charge in [0, 0.05) is 6.42 Å². The summed E-state index contributed by atoms with van der Waals surface area (Å²) in [5.41, 5.74) is 0. The summed E-state index contributed by atoms with van der Waals surface area (Å²) < 4.78 is 16.0. The van der Waals surface area contributed by atoms with Gasteiger partial charge in [-0.15, -0.1) is 20.2 Å². The lowest BCUT2D eigenvalue weighted by molar-refractivity contribution is -0.796. The summed E-state index contributed by atoms with van der Waals surface area (Å²) in [5, 5.41) is 19.5. The van der Waals surface area contributed by atoms with Gasteiger partial charge in [0.05, 0.1) is 6.61 Å². The molecule has 0 N–H and O–H groups in total. The molecule has 2 rings (SSSR count). The molecule has 0 saturated carbocycles. The highest BCUT2D eigenvalue weighted by atomic mass is 17.0. The third-order valence-corrected chi connectivity index (χ3v) is 5.74. The van der Waals surface area contributed by atoms with E-state index in [9.17, 15) is 25.0 Å². The largest absolute Gasteiger partial charge is 0.427 e. The van der Waals surface area contributed by atoms with Crippen molar-refractivity contribution in [2.45, 2.75) is 108 Å². The Balaban J connectivity index is 1.69. The van der Waals surface area contributed by atoms with Crippen LogP contribution in [-0.4, -0.2) is 53.5 Å². The molecule has 12 heteroatoms. The summed E-state index contributed by atoms with van der Waals surface area (Å²) in [6, 6.07) is 0. The van der Waals surface area contributed by atoms with Crippen LogP contribution in [0.1, 0.15) is 84.0 Å². The van der Waals surface area contributed by atoms with E-state index in [0.29, 0.717) is 6.42 Å². The second-order valence-electron chi connectivity index (χ2n) is 8.28. The number of hydrogen-bond donors (Lipinski definition) is 0. The van der Waals surface area contributed by atoms with Crippen molar-refractivity contribution in [2.24, 2.45) is 0 Å². The van der Waals surface area contributed by atoms with Crippen molar-refractivity contribution >= 4 is 5.97 Å². The van der Waals surface area contributed by atoms with Gasteiger partial charge in [0.1, 0.15) is 12.7 Å². The fourth-order valence-corrected chi connectivity index (χ4v) is 4.14. The molecule has 4 atom stereocenters. The Kier molecular flexibility index (Phi) is 10.9. The highest BCUT2D eigenvalue weighted by molar-refractivity contribution is 5.69. The van der Waals surface area contributed by atoms with Gasteiger partial charge < -0.3 is 19.0 Å². The molecule has 32 heavy (non-hydrogen) atoms. The topological polar surface area (TPSA) is 150 Å². The molecule has 0 aromatic rings. The van der Waals surface area contributed by atoms with Crippen molar-refractivity contribution in [1.29, 1.82) is 0 Å². The van der Waals surface area contributed by atoms with Gasteiger partial charge in [-0.05, 0) is 6.42 Å². The Morgan fingerprint density at radius 1 is 0.938 bits per heavy atom. The van der Waals surface area contributed by atoms with Gasteiger partial charge in [0.25, 0.3) is 10.2 Å². The van der Waals surface area contributed by atoms with Crippen molar-refractivity contribution in [2.75, 3.05) is 13.2 Å². The van der Waals surface area contributed by atoms with E-state index in [2.05, 4.69) is 16.6 Å². The average Bonchev–Trinajstić information content (AvgIpc) is 3.27. The number of nitrogens with zero attached hydrogens (tertiary/aromatic N) is 2. The van der Waals surface area contributed by atoms with Crippen LogP contribution in [0, 0.1) is 20.2 Å². The van der Waals surface area contributed by atoms with Crippen LogP contribution in [0.2, 0.25) is 0 Å². The highest BCUT2D eigenvalue weighted by Crippen LogP contribution is 2.39. The Labute approximate surface area is 187 Å². The van der Waals surface area contributed by atoms with E-state index in [4.69, 9.17) is 14.2 Å². The van der Waals surface area contributed by atoms with Crippen molar-refractivity contribution in [1.82, 2.24) is 0 Å². The van der Waals surface area contributed by atoms with Crippen molar-refractivity contribution < 1.29 is 38.9 Å². The molecular formula is C20H34N2O10. The molecule has 2 aliphatic heterocycles. The molecule has 0 radical (unpaired) electrons. The molecule has 2 saturated heterocycles.